The summed E-state index contributed by atoms with van der Waals surface area (Å²) < 4.78 is 0. The first-order chi connectivity index (χ1) is 9.49. The van der Waals surface area contributed by atoms with Crippen molar-refractivity contribution in [3.63, 3.8) is 0 Å². The second-order valence-electron chi connectivity index (χ2n) is 5.30. The van der Waals surface area contributed by atoms with Crippen LogP contribution >= 0.6 is 11.3 Å². The van der Waals surface area contributed by atoms with Gasteiger partial charge < -0.3 is 5.32 Å². The Morgan fingerprint density at radius 1 is 1.55 bits per heavy atom. The molecule has 0 unspecified atom stereocenters. The standard InChI is InChI=1S/C14H21N3O2S/c1-10(2)16(8-12-11(3)4-7-20-12)9-13(18)17-6-5-15-14(17)19/h4,7,10H,5-6,8-9H2,1-3H3,(H,15,19). The first-order valence-electron chi connectivity index (χ1n) is 6.84. The minimum atomic E-state index is -0.272. The Morgan fingerprint density at radius 2 is 2.30 bits per heavy atom. The Balaban J connectivity index is 2.00. The largest absolute Gasteiger partial charge is 0.336 e. The topological polar surface area (TPSA) is 52.7 Å². The van der Waals surface area contributed by atoms with Crippen LogP contribution < -0.4 is 5.32 Å². The van der Waals surface area contributed by atoms with Gasteiger partial charge in [-0.15, -0.1) is 11.3 Å². The Labute approximate surface area is 123 Å². The summed E-state index contributed by atoms with van der Waals surface area (Å²) in [6.07, 6.45) is 0. The Morgan fingerprint density at radius 3 is 2.80 bits per heavy atom. The van der Waals surface area contributed by atoms with Crippen molar-refractivity contribution in [2.24, 2.45) is 0 Å². The quantitative estimate of drug-likeness (QED) is 0.901. The lowest BCUT2D eigenvalue weighted by Crippen LogP contribution is -2.43. The van der Waals surface area contributed by atoms with Crippen LogP contribution in [0.25, 0.3) is 0 Å². The smallest absolute Gasteiger partial charge is 0.324 e. The molecule has 1 aromatic heterocycles. The summed E-state index contributed by atoms with van der Waals surface area (Å²) in [5.41, 5.74) is 1.26. The molecule has 5 nitrogen and oxygen atoms in total. The van der Waals surface area contributed by atoms with E-state index in [0.717, 1.165) is 6.54 Å². The van der Waals surface area contributed by atoms with Crippen molar-refractivity contribution >= 4 is 23.3 Å². The maximum atomic E-state index is 12.2. The van der Waals surface area contributed by atoms with Gasteiger partial charge in [0, 0.05) is 30.6 Å². The lowest BCUT2D eigenvalue weighted by molar-refractivity contribution is -0.129. The molecule has 0 bridgehead atoms. The average molecular weight is 295 g/mol. The summed E-state index contributed by atoms with van der Waals surface area (Å²) in [4.78, 5) is 28.4. The van der Waals surface area contributed by atoms with Gasteiger partial charge in [-0.1, -0.05) is 0 Å². The van der Waals surface area contributed by atoms with Crippen LogP contribution in [-0.2, 0) is 11.3 Å². The summed E-state index contributed by atoms with van der Waals surface area (Å²) in [6, 6.07) is 2.07. The third kappa shape index (κ3) is 3.37. The van der Waals surface area contributed by atoms with Crippen molar-refractivity contribution in [2.45, 2.75) is 33.4 Å². The number of rotatable bonds is 5. The van der Waals surface area contributed by atoms with E-state index >= 15 is 0 Å². The third-order valence-electron chi connectivity index (χ3n) is 3.54. The first kappa shape index (κ1) is 15.0. The molecule has 20 heavy (non-hydrogen) atoms. The van der Waals surface area contributed by atoms with Crippen LogP contribution in [0, 0.1) is 6.92 Å². The molecular weight excluding hydrogens is 274 g/mol. The van der Waals surface area contributed by atoms with Crippen molar-refractivity contribution in [1.29, 1.82) is 0 Å². The van der Waals surface area contributed by atoms with Gasteiger partial charge in [-0.3, -0.25) is 14.6 Å². The van der Waals surface area contributed by atoms with E-state index in [9.17, 15) is 9.59 Å². The molecule has 0 spiro atoms. The number of hydrogen-bond acceptors (Lipinski definition) is 4. The monoisotopic (exact) mass is 295 g/mol. The minimum absolute atomic E-state index is 0.122. The van der Waals surface area contributed by atoms with Crippen LogP contribution in [0.1, 0.15) is 24.3 Å². The maximum absolute atomic E-state index is 12.2. The molecule has 2 heterocycles. The SMILES string of the molecule is Cc1ccsc1CN(CC(=O)N1CCNC1=O)C(C)C. The van der Waals surface area contributed by atoms with E-state index in [1.807, 2.05) is 0 Å². The number of carbonyl (C=O) groups is 2. The van der Waals surface area contributed by atoms with E-state index in [0.29, 0.717) is 13.1 Å². The van der Waals surface area contributed by atoms with Gasteiger partial charge in [0.2, 0.25) is 5.91 Å². The van der Waals surface area contributed by atoms with E-state index < -0.39 is 0 Å². The van der Waals surface area contributed by atoms with E-state index in [1.54, 1.807) is 11.3 Å². The molecular formula is C14H21N3O2S. The van der Waals surface area contributed by atoms with Crippen molar-refractivity contribution in [3.05, 3.63) is 21.9 Å². The molecule has 1 saturated heterocycles. The second-order valence-corrected chi connectivity index (χ2v) is 6.30. The number of nitrogens with one attached hydrogen (secondary N) is 1. The summed E-state index contributed by atoms with van der Waals surface area (Å²) in [5, 5.41) is 4.73. The van der Waals surface area contributed by atoms with Crippen LogP contribution in [0.5, 0.6) is 0 Å². The van der Waals surface area contributed by atoms with Gasteiger partial charge in [0.25, 0.3) is 0 Å². The highest BCUT2D eigenvalue weighted by atomic mass is 32.1. The molecule has 0 saturated carbocycles. The number of carbonyl (C=O) groups excluding carboxylic acids is 2. The Kier molecular flexibility index (Phi) is 4.77. The molecule has 0 radical (unpaired) electrons. The van der Waals surface area contributed by atoms with Gasteiger partial charge in [0.15, 0.2) is 0 Å². The van der Waals surface area contributed by atoms with Gasteiger partial charge in [-0.05, 0) is 37.8 Å². The summed E-state index contributed by atoms with van der Waals surface area (Å²) >= 11 is 1.71. The van der Waals surface area contributed by atoms with E-state index in [1.165, 1.54) is 15.3 Å². The summed E-state index contributed by atoms with van der Waals surface area (Å²) in [5.74, 6) is -0.122. The molecule has 0 aromatic carbocycles. The number of amides is 3. The number of urea groups is 1. The maximum Gasteiger partial charge on any atom is 0.324 e. The predicted molar refractivity (Wildman–Crippen MR) is 79.7 cm³/mol. The highest BCUT2D eigenvalue weighted by molar-refractivity contribution is 7.10. The number of thiophene rings is 1. The van der Waals surface area contributed by atoms with Crippen molar-refractivity contribution in [1.82, 2.24) is 15.1 Å². The van der Waals surface area contributed by atoms with Crippen LogP contribution in [0.3, 0.4) is 0 Å². The van der Waals surface area contributed by atoms with Gasteiger partial charge in [0.1, 0.15) is 0 Å². The molecule has 2 rings (SSSR count). The molecule has 1 aliphatic heterocycles. The highest BCUT2D eigenvalue weighted by Crippen LogP contribution is 2.19. The highest BCUT2D eigenvalue weighted by Gasteiger charge is 2.28. The zero-order valence-electron chi connectivity index (χ0n) is 12.2. The molecule has 0 atom stereocenters. The van der Waals surface area contributed by atoms with E-state index in [-0.39, 0.29) is 24.5 Å². The van der Waals surface area contributed by atoms with Crippen LogP contribution in [0.15, 0.2) is 11.4 Å². The van der Waals surface area contributed by atoms with Crippen LogP contribution in [-0.4, -0.2) is 47.4 Å². The first-order valence-corrected chi connectivity index (χ1v) is 7.72. The number of aryl methyl sites for hydroxylation is 1. The van der Waals surface area contributed by atoms with Gasteiger partial charge in [-0.2, -0.15) is 0 Å². The molecule has 1 fully saturated rings. The Bertz CT molecular complexity index is 498. The fourth-order valence-corrected chi connectivity index (χ4v) is 3.07. The van der Waals surface area contributed by atoms with E-state index in [4.69, 9.17) is 0 Å². The normalized spacial score (nSPS) is 15.2. The Hall–Kier alpha value is -1.40. The fraction of sp³-hybridized carbons (Fsp3) is 0.571. The van der Waals surface area contributed by atoms with Gasteiger partial charge >= 0.3 is 6.03 Å². The molecule has 1 aromatic rings. The summed E-state index contributed by atoms with van der Waals surface area (Å²) in [7, 11) is 0. The lowest BCUT2D eigenvalue weighted by Gasteiger charge is -2.27. The number of hydrogen-bond donors (Lipinski definition) is 1. The lowest BCUT2D eigenvalue weighted by atomic mass is 10.2. The predicted octanol–water partition coefficient (Wildman–Crippen LogP) is 1.82. The molecule has 0 aliphatic carbocycles. The van der Waals surface area contributed by atoms with Crippen molar-refractivity contribution in [3.8, 4) is 0 Å². The minimum Gasteiger partial charge on any atom is -0.336 e. The average Bonchev–Trinajstić information content (AvgIpc) is 2.97. The van der Waals surface area contributed by atoms with Crippen molar-refractivity contribution in [2.75, 3.05) is 19.6 Å². The fourth-order valence-electron chi connectivity index (χ4n) is 2.14. The van der Waals surface area contributed by atoms with Crippen LogP contribution in [0.2, 0.25) is 0 Å². The van der Waals surface area contributed by atoms with E-state index in [2.05, 4.69) is 42.4 Å². The van der Waals surface area contributed by atoms with Gasteiger partial charge in [-0.25, -0.2) is 4.79 Å². The molecule has 3 amide bonds. The third-order valence-corrected chi connectivity index (χ3v) is 4.55. The molecule has 1 N–H and O–H groups in total. The van der Waals surface area contributed by atoms with Gasteiger partial charge in [0.05, 0.1) is 6.54 Å². The summed E-state index contributed by atoms with van der Waals surface area (Å²) in [6.45, 7) is 8.28. The van der Waals surface area contributed by atoms with Crippen LogP contribution in [0.4, 0.5) is 4.79 Å². The van der Waals surface area contributed by atoms with Crippen molar-refractivity contribution < 1.29 is 9.59 Å². The zero-order chi connectivity index (χ0) is 14.7. The molecule has 110 valence electrons. The second kappa shape index (κ2) is 6.37. The molecule has 6 heteroatoms. The molecule has 1 aliphatic rings. The number of imide groups is 1. The zero-order valence-corrected chi connectivity index (χ0v) is 13.0. The number of nitrogens with zero attached hydrogens (tertiary/aromatic N) is 2.